The molecular weight excluding hydrogens is 442 g/mol. The summed E-state index contributed by atoms with van der Waals surface area (Å²) < 4.78 is 0. The highest BCUT2D eigenvalue weighted by Gasteiger charge is 2.36. The van der Waals surface area contributed by atoms with Crippen LogP contribution in [0.1, 0.15) is 75.2 Å². The molecule has 34 heavy (non-hydrogen) atoms. The van der Waals surface area contributed by atoms with Crippen LogP contribution in [0.5, 0.6) is 0 Å². The highest BCUT2D eigenvalue weighted by atomic mass is 32.1. The molecule has 2 aromatic carbocycles. The molecule has 0 saturated heterocycles. The SMILES string of the molecule is Cc1cc(C)cc(N(C(=O)c2sc(C)nc2C)[C@H](C(=O)NC2CCCCC2)c2ccccc2)c1. The molecule has 5 nitrogen and oxygen atoms in total. The van der Waals surface area contributed by atoms with E-state index in [0.717, 1.165) is 53.1 Å². The van der Waals surface area contributed by atoms with Gasteiger partial charge in [-0.25, -0.2) is 4.98 Å². The van der Waals surface area contributed by atoms with Gasteiger partial charge in [-0.2, -0.15) is 0 Å². The lowest BCUT2D eigenvalue weighted by atomic mass is 9.94. The summed E-state index contributed by atoms with van der Waals surface area (Å²) in [6.07, 6.45) is 5.43. The van der Waals surface area contributed by atoms with Gasteiger partial charge in [-0.1, -0.05) is 55.7 Å². The number of nitrogens with zero attached hydrogens (tertiary/aromatic N) is 2. The van der Waals surface area contributed by atoms with Gasteiger partial charge in [0.1, 0.15) is 10.9 Å². The van der Waals surface area contributed by atoms with Gasteiger partial charge in [0, 0.05) is 11.7 Å². The highest BCUT2D eigenvalue weighted by Crippen LogP contribution is 2.33. The Hall–Kier alpha value is -2.99. The maximum atomic E-state index is 14.1. The van der Waals surface area contributed by atoms with Gasteiger partial charge in [0.25, 0.3) is 5.91 Å². The zero-order valence-electron chi connectivity index (χ0n) is 20.4. The fourth-order valence-corrected chi connectivity index (χ4v) is 5.75. The molecule has 1 saturated carbocycles. The van der Waals surface area contributed by atoms with E-state index in [0.29, 0.717) is 10.6 Å². The average Bonchev–Trinajstić information content (AvgIpc) is 3.15. The average molecular weight is 476 g/mol. The lowest BCUT2D eigenvalue weighted by Crippen LogP contribution is -2.47. The van der Waals surface area contributed by atoms with Gasteiger partial charge in [-0.05, 0) is 69.4 Å². The van der Waals surface area contributed by atoms with Gasteiger partial charge < -0.3 is 5.32 Å². The molecule has 4 rings (SSSR count). The molecule has 1 atom stereocenters. The van der Waals surface area contributed by atoms with Crippen LogP contribution in [0, 0.1) is 27.7 Å². The number of benzene rings is 2. The number of carbonyl (C=O) groups excluding carboxylic acids is 2. The summed E-state index contributed by atoms with van der Waals surface area (Å²) in [5.41, 5.74) is 4.30. The largest absolute Gasteiger partial charge is 0.351 e. The molecule has 178 valence electrons. The van der Waals surface area contributed by atoms with Crippen LogP contribution < -0.4 is 10.2 Å². The molecule has 3 aromatic rings. The van der Waals surface area contributed by atoms with E-state index in [1.54, 1.807) is 4.90 Å². The Morgan fingerprint density at radius 1 is 0.971 bits per heavy atom. The summed E-state index contributed by atoms with van der Waals surface area (Å²) in [5, 5.41) is 4.12. The molecule has 0 spiro atoms. The van der Waals surface area contributed by atoms with Gasteiger partial charge in [-0.3, -0.25) is 14.5 Å². The number of carbonyl (C=O) groups is 2. The Bertz CT molecular complexity index is 1150. The summed E-state index contributed by atoms with van der Waals surface area (Å²) >= 11 is 1.38. The number of rotatable bonds is 6. The summed E-state index contributed by atoms with van der Waals surface area (Å²) in [4.78, 5) is 34.8. The van der Waals surface area contributed by atoms with Crippen LogP contribution in [-0.4, -0.2) is 22.8 Å². The van der Waals surface area contributed by atoms with E-state index in [1.165, 1.54) is 17.8 Å². The fraction of sp³-hybridized carbons (Fsp3) is 0.393. The molecule has 1 aliphatic rings. The van der Waals surface area contributed by atoms with E-state index in [2.05, 4.69) is 16.4 Å². The van der Waals surface area contributed by atoms with Crippen molar-refractivity contribution in [1.29, 1.82) is 0 Å². The third-order valence-electron chi connectivity index (χ3n) is 6.37. The maximum absolute atomic E-state index is 14.1. The predicted octanol–water partition coefficient (Wildman–Crippen LogP) is 6.21. The first-order valence-corrected chi connectivity index (χ1v) is 12.9. The molecule has 0 unspecified atom stereocenters. The van der Waals surface area contributed by atoms with Crippen molar-refractivity contribution in [1.82, 2.24) is 10.3 Å². The van der Waals surface area contributed by atoms with Gasteiger partial charge in [-0.15, -0.1) is 11.3 Å². The summed E-state index contributed by atoms with van der Waals surface area (Å²) in [5.74, 6) is -0.328. The molecule has 0 radical (unpaired) electrons. The minimum absolute atomic E-state index is 0.135. The lowest BCUT2D eigenvalue weighted by Gasteiger charge is -2.33. The second-order valence-electron chi connectivity index (χ2n) is 9.33. The normalized spacial score (nSPS) is 15.1. The summed E-state index contributed by atoms with van der Waals surface area (Å²) in [6.45, 7) is 7.79. The van der Waals surface area contributed by atoms with Crippen molar-refractivity contribution < 1.29 is 9.59 Å². The number of hydrogen-bond acceptors (Lipinski definition) is 4. The Labute approximate surface area is 206 Å². The van der Waals surface area contributed by atoms with Crippen molar-refractivity contribution in [3.8, 4) is 0 Å². The zero-order valence-corrected chi connectivity index (χ0v) is 21.2. The van der Waals surface area contributed by atoms with Gasteiger partial charge in [0.15, 0.2) is 0 Å². The topological polar surface area (TPSA) is 62.3 Å². The molecule has 1 aromatic heterocycles. The summed E-state index contributed by atoms with van der Waals surface area (Å²) in [7, 11) is 0. The first-order valence-electron chi connectivity index (χ1n) is 12.0. The monoisotopic (exact) mass is 475 g/mol. The van der Waals surface area contributed by atoms with E-state index in [4.69, 9.17) is 0 Å². The molecule has 0 bridgehead atoms. The van der Waals surface area contributed by atoms with Crippen LogP contribution in [-0.2, 0) is 4.79 Å². The van der Waals surface area contributed by atoms with Crippen LogP contribution in [0.15, 0.2) is 48.5 Å². The Balaban J connectivity index is 1.84. The highest BCUT2D eigenvalue weighted by molar-refractivity contribution is 7.13. The molecule has 1 fully saturated rings. The molecule has 1 heterocycles. The van der Waals surface area contributed by atoms with Crippen LogP contribution >= 0.6 is 11.3 Å². The van der Waals surface area contributed by atoms with Crippen molar-refractivity contribution in [2.24, 2.45) is 0 Å². The maximum Gasteiger partial charge on any atom is 0.271 e. The van der Waals surface area contributed by atoms with Gasteiger partial charge in [0.2, 0.25) is 5.91 Å². The van der Waals surface area contributed by atoms with Crippen molar-refractivity contribution >= 4 is 28.8 Å². The number of thiazole rings is 1. The number of nitrogens with one attached hydrogen (secondary N) is 1. The Kier molecular flexibility index (Phi) is 7.47. The van der Waals surface area contributed by atoms with Crippen molar-refractivity contribution in [3.63, 3.8) is 0 Å². The standard InChI is InChI=1S/C28H33N3O2S/c1-18-15-19(2)17-24(16-18)31(28(33)26-20(3)29-21(4)34-26)25(22-11-7-5-8-12-22)27(32)30-23-13-9-6-10-14-23/h5,7-8,11-12,15-17,23,25H,6,9-10,13-14H2,1-4H3,(H,30,32)/t25-/m0/s1. The molecule has 6 heteroatoms. The van der Waals surface area contributed by atoms with E-state index in [1.807, 2.05) is 70.2 Å². The molecular formula is C28H33N3O2S. The van der Waals surface area contributed by atoms with E-state index < -0.39 is 6.04 Å². The zero-order chi connectivity index (χ0) is 24.2. The number of amides is 2. The van der Waals surface area contributed by atoms with Crippen molar-refractivity contribution in [3.05, 3.63) is 80.8 Å². The number of aryl methyl sites for hydroxylation is 4. The lowest BCUT2D eigenvalue weighted by molar-refractivity contribution is -0.123. The third-order valence-corrected chi connectivity index (χ3v) is 7.44. The van der Waals surface area contributed by atoms with E-state index in [9.17, 15) is 9.59 Å². The third kappa shape index (κ3) is 5.39. The van der Waals surface area contributed by atoms with Crippen LogP contribution in [0.4, 0.5) is 5.69 Å². The minimum atomic E-state index is -0.779. The van der Waals surface area contributed by atoms with E-state index in [-0.39, 0.29) is 17.9 Å². The molecule has 0 aliphatic heterocycles. The Morgan fingerprint density at radius 3 is 2.21 bits per heavy atom. The molecule has 1 N–H and O–H groups in total. The van der Waals surface area contributed by atoms with E-state index >= 15 is 0 Å². The number of anilines is 1. The van der Waals surface area contributed by atoms with Gasteiger partial charge >= 0.3 is 0 Å². The summed E-state index contributed by atoms with van der Waals surface area (Å²) in [6, 6.07) is 15.0. The van der Waals surface area contributed by atoms with Crippen LogP contribution in [0.3, 0.4) is 0 Å². The minimum Gasteiger partial charge on any atom is -0.351 e. The predicted molar refractivity (Wildman–Crippen MR) is 139 cm³/mol. The van der Waals surface area contributed by atoms with Crippen molar-refractivity contribution in [2.75, 3.05) is 4.90 Å². The van der Waals surface area contributed by atoms with Crippen LogP contribution in [0.2, 0.25) is 0 Å². The second kappa shape index (κ2) is 10.5. The first-order chi connectivity index (χ1) is 16.3. The number of aromatic nitrogens is 1. The van der Waals surface area contributed by atoms with Crippen molar-refractivity contribution in [2.45, 2.75) is 71.9 Å². The second-order valence-corrected chi connectivity index (χ2v) is 10.5. The Morgan fingerprint density at radius 2 is 1.62 bits per heavy atom. The quantitative estimate of drug-likeness (QED) is 0.461. The first kappa shape index (κ1) is 24.1. The molecule has 2 amide bonds. The molecule has 1 aliphatic carbocycles. The van der Waals surface area contributed by atoms with Gasteiger partial charge in [0.05, 0.1) is 10.7 Å². The fourth-order valence-electron chi connectivity index (χ4n) is 4.89. The van der Waals surface area contributed by atoms with Crippen LogP contribution in [0.25, 0.3) is 0 Å². The number of hydrogen-bond donors (Lipinski definition) is 1. The smallest absolute Gasteiger partial charge is 0.271 e.